The van der Waals surface area contributed by atoms with E-state index < -0.39 is 23.4 Å². The molecule has 41 heavy (non-hydrogen) atoms. The Morgan fingerprint density at radius 1 is 1.00 bits per heavy atom. The van der Waals surface area contributed by atoms with Gasteiger partial charge in [0.15, 0.2) is 28.7 Å². The standard InChI is InChI=1S/C32H33ClFNO5S/c1-18-13-22(14-19(2)30(18)40-32(4,5)20(3)36)25-16-35(31(38)39-28-12-9-23(33)15-27(28)34)17-26(25)29(37)21-7-10-24(41-6)11-8-21/h7-15,25-26H,16-17H2,1-6H3/t25-,26+/m1/s1. The van der Waals surface area contributed by atoms with Gasteiger partial charge < -0.3 is 14.4 Å². The first-order valence-electron chi connectivity index (χ1n) is 13.2. The van der Waals surface area contributed by atoms with E-state index in [1.165, 1.54) is 24.0 Å². The maximum absolute atomic E-state index is 14.4. The zero-order valence-corrected chi connectivity index (χ0v) is 25.5. The van der Waals surface area contributed by atoms with E-state index in [-0.39, 0.29) is 41.3 Å². The molecule has 0 unspecified atom stereocenters. The smallest absolute Gasteiger partial charge is 0.415 e. The second-order valence-electron chi connectivity index (χ2n) is 10.8. The Balaban J connectivity index is 1.67. The molecule has 0 aromatic heterocycles. The summed E-state index contributed by atoms with van der Waals surface area (Å²) in [5, 5.41) is 0.187. The van der Waals surface area contributed by atoms with Crippen molar-refractivity contribution in [3.05, 3.63) is 87.7 Å². The van der Waals surface area contributed by atoms with Gasteiger partial charge in [-0.1, -0.05) is 35.9 Å². The molecule has 0 spiro atoms. The molecule has 0 aliphatic carbocycles. The highest BCUT2D eigenvalue weighted by molar-refractivity contribution is 7.98. The summed E-state index contributed by atoms with van der Waals surface area (Å²) in [6, 6.07) is 15.1. The molecule has 1 aliphatic rings. The normalized spacial score (nSPS) is 16.9. The fourth-order valence-corrected chi connectivity index (χ4v) is 5.50. The van der Waals surface area contributed by atoms with Crippen molar-refractivity contribution in [1.82, 2.24) is 4.90 Å². The van der Waals surface area contributed by atoms with Crippen molar-refractivity contribution < 1.29 is 28.2 Å². The van der Waals surface area contributed by atoms with Crippen LogP contribution in [0.4, 0.5) is 9.18 Å². The van der Waals surface area contributed by atoms with Crippen molar-refractivity contribution in [1.29, 1.82) is 0 Å². The van der Waals surface area contributed by atoms with Gasteiger partial charge >= 0.3 is 6.09 Å². The summed E-state index contributed by atoms with van der Waals surface area (Å²) in [4.78, 5) is 41.5. The summed E-state index contributed by atoms with van der Waals surface area (Å²) >= 11 is 7.41. The van der Waals surface area contributed by atoms with Gasteiger partial charge in [-0.2, -0.15) is 0 Å². The molecule has 0 bridgehead atoms. The Bertz CT molecular complexity index is 1470. The predicted octanol–water partition coefficient (Wildman–Crippen LogP) is 7.66. The Kier molecular flexibility index (Phi) is 9.14. The number of benzene rings is 3. The van der Waals surface area contributed by atoms with Crippen LogP contribution in [0.15, 0.2) is 59.5 Å². The van der Waals surface area contributed by atoms with Gasteiger partial charge in [0.25, 0.3) is 0 Å². The van der Waals surface area contributed by atoms with E-state index >= 15 is 0 Å². The van der Waals surface area contributed by atoms with Crippen LogP contribution in [-0.2, 0) is 4.79 Å². The Labute approximate surface area is 249 Å². The van der Waals surface area contributed by atoms with E-state index in [1.807, 2.05) is 44.4 Å². The van der Waals surface area contributed by atoms with E-state index in [4.69, 9.17) is 21.1 Å². The lowest BCUT2D eigenvalue weighted by atomic mass is 9.82. The number of carbonyl (C=O) groups is 3. The van der Waals surface area contributed by atoms with Gasteiger partial charge in [0, 0.05) is 40.4 Å². The third-order valence-electron chi connectivity index (χ3n) is 7.50. The van der Waals surface area contributed by atoms with Crippen LogP contribution in [0.2, 0.25) is 5.02 Å². The van der Waals surface area contributed by atoms with Gasteiger partial charge in [-0.05, 0) is 87.9 Å². The number of ketones is 2. The van der Waals surface area contributed by atoms with E-state index in [1.54, 1.807) is 37.7 Å². The third kappa shape index (κ3) is 6.76. The van der Waals surface area contributed by atoms with Crippen LogP contribution in [-0.4, -0.2) is 47.5 Å². The van der Waals surface area contributed by atoms with Gasteiger partial charge in [0.1, 0.15) is 5.75 Å². The number of hydrogen-bond donors (Lipinski definition) is 0. The molecular formula is C32H33ClFNO5S. The number of thioether (sulfide) groups is 1. The number of nitrogens with zero attached hydrogens (tertiary/aromatic N) is 1. The Hall–Kier alpha value is -3.36. The predicted molar refractivity (Wildman–Crippen MR) is 159 cm³/mol. The molecule has 1 heterocycles. The Morgan fingerprint density at radius 3 is 2.20 bits per heavy atom. The number of halogens is 2. The van der Waals surface area contributed by atoms with Crippen LogP contribution in [0.5, 0.6) is 11.5 Å². The molecule has 3 aromatic carbocycles. The molecule has 216 valence electrons. The highest BCUT2D eigenvalue weighted by Gasteiger charge is 2.42. The molecule has 9 heteroatoms. The molecule has 0 radical (unpaired) electrons. The zero-order valence-electron chi connectivity index (χ0n) is 23.9. The van der Waals surface area contributed by atoms with Gasteiger partial charge in [-0.25, -0.2) is 9.18 Å². The molecule has 1 fully saturated rings. The maximum Gasteiger partial charge on any atom is 0.415 e. The number of carbonyl (C=O) groups excluding carboxylic acids is 3. The minimum absolute atomic E-state index is 0.0935. The van der Waals surface area contributed by atoms with Gasteiger partial charge in [0.2, 0.25) is 0 Å². The molecule has 4 rings (SSSR count). The number of Topliss-reactive ketones (excluding diaryl/α,β-unsaturated/α-hetero) is 2. The summed E-state index contributed by atoms with van der Waals surface area (Å²) < 4.78 is 25.8. The number of likely N-dealkylation sites (tertiary alicyclic amines) is 1. The lowest BCUT2D eigenvalue weighted by molar-refractivity contribution is -0.129. The number of aryl methyl sites for hydroxylation is 2. The maximum atomic E-state index is 14.4. The largest absolute Gasteiger partial charge is 0.480 e. The summed E-state index contributed by atoms with van der Waals surface area (Å²) in [7, 11) is 0. The van der Waals surface area contributed by atoms with E-state index in [2.05, 4.69) is 0 Å². The fraction of sp³-hybridized carbons (Fsp3) is 0.344. The monoisotopic (exact) mass is 597 g/mol. The van der Waals surface area contributed by atoms with Crippen LogP contribution in [0.25, 0.3) is 0 Å². The minimum Gasteiger partial charge on any atom is -0.480 e. The number of ether oxygens (including phenoxy) is 2. The molecule has 1 aliphatic heterocycles. The lowest BCUT2D eigenvalue weighted by Crippen LogP contribution is -2.36. The fourth-order valence-electron chi connectivity index (χ4n) is 4.93. The summed E-state index contributed by atoms with van der Waals surface area (Å²) in [6.07, 6.45) is 1.22. The Morgan fingerprint density at radius 2 is 1.63 bits per heavy atom. The third-order valence-corrected chi connectivity index (χ3v) is 8.48. The number of hydrogen-bond acceptors (Lipinski definition) is 6. The summed E-state index contributed by atoms with van der Waals surface area (Å²) in [5.74, 6) is -1.48. The molecule has 0 N–H and O–H groups in total. The SMILES string of the molecule is CSc1ccc(C(=O)[C@H]2CN(C(=O)Oc3ccc(Cl)cc3F)C[C@@H]2c2cc(C)c(OC(C)(C)C(C)=O)c(C)c2)cc1. The first-order chi connectivity index (χ1) is 19.3. The van der Waals surface area contributed by atoms with Crippen LogP contribution in [0.3, 0.4) is 0 Å². The molecule has 2 atom stereocenters. The number of amides is 1. The van der Waals surface area contributed by atoms with Crippen LogP contribution >= 0.6 is 23.4 Å². The van der Waals surface area contributed by atoms with E-state index in [9.17, 15) is 18.8 Å². The first-order valence-corrected chi connectivity index (χ1v) is 14.8. The van der Waals surface area contributed by atoms with Crippen LogP contribution < -0.4 is 9.47 Å². The minimum atomic E-state index is -0.997. The van der Waals surface area contributed by atoms with E-state index in [0.717, 1.165) is 27.7 Å². The number of rotatable bonds is 8. The average Bonchev–Trinajstić information content (AvgIpc) is 3.37. The quantitative estimate of drug-likeness (QED) is 0.196. The summed E-state index contributed by atoms with van der Waals surface area (Å²) in [5.41, 5.74) is 2.04. The van der Waals surface area contributed by atoms with Crippen molar-refractivity contribution in [2.75, 3.05) is 19.3 Å². The molecule has 1 saturated heterocycles. The van der Waals surface area contributed by atoms with Gasteiger partial charge in [-0.3, -0.25) is 9.59 Å². The van der Waals surface area contributed by atoms with Gasteiger partial charge in [-0.15, -0.1) is 11.8 Å². The van der Waals surface area contributed by atoms with Crippen molar-refractivity contribution in [3.8, 4) is 11.5 Å². The van der Waals surface area contributed by atoms with Crippen molar-refractivity contribution >= 4 is 41.0 Å². The zero-order chi connectivity index (χ0) is 30.1. The molecule has 6 nitrogen and oxygen atoms in total. The second kappa shape index (κ2) is 12.2. The van der Waals surface area contributed by atoms with Gasteiger partial charge in [0.05, 0.1) is 0 Å². The van der Waals surface area contributed by atoms with Crippen molar-refractivity contribution in [2.24, 2.45) is 5.92 Å². The van der Waals surface area contributed by atoms with Crippen LogP contribution in [0.1, 0.15) is 53.7 Å². The topological polar surface area (TPSA) is 72.9 Å². The highest BCUT2D eigenvalue weighted by atomic mass is 35.5. The second-order valence-corrected chi connectivity index (χ2v) is 12.1. The highest BCUT2D eigenvalue weighted by Crippen LogP contribution is 2.39. The van der Waals surface area contributed by atoms with E-state index in [0.29, 0.717) is 11.3 Å². The molecular weight excluding hydrogens is 565 g/mol. The first kappa shape index (κ1) is 30.6. The van der Waals surface area contributed by atoms with Crippen LogP contribution in [0, 0.1) is 25.6 Å². The average molecular weight is 598 g/mol. The molecule has 0 saturated carbocycles. The summed E-state index contributed by atoms with van der Waals surface area (Å²) in [6.45, 7) is 9.03. The lowest BCUT2D eigenvalue weighted by Gasteiger charge is -2.27. The van der Waals surface area contributed by atoms with Crippen molar-refractivity contribution in [3.63, 3.8) is 0 Å². The molecule has 1 amide bonds. The molecule has 3 aromatic rings. The van der Waals surface area contributed by atoms with Crippen molar-refractivity contribution in [2.45, 2.75) is 51.0 Å².